The fraction of sp³-hybridized carbons (Fsp3) is 0.227. The Kier molecular flexibility index (Phi) is 7.43. The molecule has 0 spiro atoms. The molecule has 0 fully saturated rings. The fourth-order valence-corrected chi connectivity index (χ4v) is 2.68. The first-order chi connectivity index (χ1) is 14.6. The molecule has 0 aliphatic heterocycles. The highest BCUT2D eigenvalue weighted by Crippen LogP contribution is 2.18. The molecule has 0 aliphatic carbocycles. The molecule has 2 aromatic carbocycles. The van der Waals surface area contributed by atoms with Gasteiger partial charge in [0.05, 0.1) is 18.8 Å². The van der Waals surface area contributed by atoms with Crippen LogP contribution in [0, 0.1) is 0 Å². The van der Waals surface area contributed by atoms with Crippen LogP contribution in [0.4, 0.5) is 0 Å². The molecule has 1 aromatic heterocycles. The second-order valence-corrected chi connectivity index (χ2v) is 6.46. The smallest absolute Gasteiger partial charge is 0.255 e. The Balaban J connectivity index is 1.59. The zero-order valence-electron chi connectivity index (χ0n) is 16.8. The van der Waals surface area contributed by atoms with E-state index in [0.717, 1.165) is 23.4 Å². The minimum absolute atomic E-state index is 0.153. The molecule has 30 heavy (non-hydrogen) atoms. The van der Waals surface area contributed by atoms with Crippen molar-refractivity contribution in [2.45, 2.75) is 20.0 Å². The summed E-state index contributed by atoms with van der Waals surface area (Å²) in [5.74, 6) is 1.31. The number of rotatable bonds is 9. The summed E-state index contributed by atoms with van der Waals surface area (Å²) in [4.78, 5) is 20.0. The average molecular weight is 407 g/mol. The number of ether oxygens (including phenoxy) is 1. The lowest BCUT2D eigenvalue weighted by Gasteiger charge is -2.10. The number of hydrogen-bond acceptors (Lipinski definition) is 5. The number of carbonyl (C=O) groups is 1. The molecular formula is C22H25N5O3. The molecule has 0 saturated heterocycles. The molecule has 0 bridgehead atoms. The predicted octanol–water partition coefficient (Wildman–Crippen LogP) is 2.46. The van der Waals surface area contributed by atoms with Crippen molar-refractivity contribution in [1.29, 1.82) is 0 Å². The summed E-state index contributed by atoms with van der Waals surface area (Å²) in [6.07, 6.45) is 1.64. The Morgan fingerprint density at radius 3 is 2.77 bits per heavy atom. The number of primary amides is 1. The molecule has 8 nitrogen and oxygen atoms in total. The first-order valence-corrected chi connectivity index (χ1v) is 9.66. The molecule has 0 atom stereocenters. The molecule has 3 aromatic rings. The lowest BCUT2D eigenvalue weighted by Crippen LogP contribution is -2.36. The predicted molar refractivity (Wildman–Crippen MR) is 115 cm³/mol. The highest BCUT2D eigenvalue weighted by molar-refractivity contribution is 5.79. The number of aromatic nitrogens is 1. The summed E-state index contributed by atoms with van der Waals surface area (Å²) in [5, 5.41) is 6.46. The minimum Gasteiger partial charge on any atom is -0.484 e. The number of carbonyl (C=O) groups excluding carboxylic acids is 1. The van der Waals surface area contributed by atoms with Gasteiger partial charge in [0.25, 0.3) is 5.91 Å². The molecule has 1 heterocycles. The summed E-state index contributed by atoms with van der Waals surface area (Å²) in [6, 6.07) is 17.1. The lowest BCUT2D eigenvalue weighted by molar-refractivity contribution is -0.119. The maximum Gasteiger partial charge on any atom is 0.255 e. The maximum atomic E-state index is 10.9. The standard InChI is InChI=1S/C22H25N5O3/c1-2-24-22(25-12-16-7-6-10-19(11-16)29-15-20(23)28)26-13-18-14-30-21(27-18)17-8-4-3-5-9-17/h3-11,14H,2,12-13,15H2,1H3,(H2,23,28)(H2,24,25,26). The second kappa shape index (κ2) is 10.7. The number of nitrogens with zero attached hydrogens (tertiary/aromatic N) is 2. The van der Waals surface area contributed by atoms with Crippen molar-refractivity contribution in [3.05, 3.63) is 72.1 Å². The molecule has 3 rings (SSSR count). The minimum atomic E-state index is -0.514. The Hall–Kier alpha value is -3.81. The molecule has 0 aliphatic rings. The van der Waals surface area contributed by atoms with Gasteiger partial charge in [0.1, 0.15) is 12.0 Å². The zero-order valence-corrected chi connectivity index (χ0v) is 16.8. The summed E-state index contributed by atoms with van der Waals surface area (Å²) >= 11 is 0. The zero-order chi connectivity index (χ0) is 21.2. The van der Waals surface area contributed by atoms with E-state index in [4.69, 9.17) is 14.9 Å². The first kappa shape index (κ1) is 20.9. The van der Waals surface area contributed by atoms with E-state index in [9.17, 15) is 4.79 Å². The number of hydrogen-bond donors (Lipinski definition) is 3. The number of nitrogens with one attached hydrogen (secondary N) is 2. The van der Waals surface area contributed by atoms with Crippen molar-refractivity contribution in [1.82, 2.24) is 15.6 Å². The van der Waals surface area contributed by atoms with Crippen LogP contribution in [0.1, 0.15) is 18.2 Å². The fourth-order valence-electron chi connectivity index (χ4n) is 2.68. The van der Waals surface area contributed by atoms with Gasteiger partial charge in [-0.2, -0.15) is 0 Å². The Morgan fingerprint density at radius 1 is 1.17 bits per heavy atom. The number of benzene rings is 2. The average Bonchev–Trinajstić information content (AvgIpc) is 3.24. The van der Waals surface area contributed by atoms with Gasteiger partial charge in [0.15, 0.2) is 12.6 Å². The van der Waals surface area contributed by atoms with E-state index in [-0.39, 0.29) is 6.61 Å². The molecule has 0 unspecified atom stereocenters. The van der Waals surface area contributed by atoms with Crippen LogP contribution in [0.5, 0.6) is 5.75 Å². The van der Waals surface area contributed by atoms with Gasteiger partial charge in [-0.1, -0.05) is 30.3 Å². The van der Waals surface area contributed by atoms with Gasteiger partial charge in [0.2, 0.25) is 5.89 Å². The second-order valence-electron chi connectivity index (χ2n) is 6.46. The van der Waals surface area contributed by atoms with Crippen molar-refractivity contribution in [2.24, 2.45) is 10.7 Å². The van der Waals surface area contributed by atoms with Crippen LogP contribution < -0.4 is 21.1 Å². The number of guanidine groups is 1. The van der Waals surface area contributed by atoms with Crippen molar-refractivity contribution in [2.75, 3.05) is 13.2 Å². The van der Waals surface area contributed by atoms with Gasteiger partial charge in [-0.3, -0.25) is 4.79 Å². The van der Waals surface area contributed by atoms with Gasteiger partial charge in [-0.25, -0.2) is 9.98 Å². The third-order valence-corrected chi connectivity index (χ3v) is 4.05. The van der Waals surface area contributed by atoms with Crippen molar-refractivity contribution < 1.29 is 13.9 Å². The third kappa shape index (κ3) is 6.37. The van der Waals surface area contributed by atoms with Crippen molar-refractivity contribution >= 4 is 11.9 Å². The normalized spacial score (nSPS) is 11.2. The lowest BCUT2D eigenvalue weighted by atomic mass is 10.2. The van der Waals surface area contributed by atoms with Crippen LogP contribution in [0.15, 0.2) is 70.3 Å². The van der Waals surface area contributed by atoms with Crippen LogP contribution in [-0.4, -0.2) is 30.0 Å². The summed E-state index contributed by atoms with van der Waals surface area (Å²) < 4.78 is 10.9. The van der Waals surface area contributed by atoms with Crippen LogP contribution >= 0.6 is 0 Å². The Morgan fingerprint density at radius 2 is 2.00 bits per heavy atom. The molecule has 1 amide bonds. The van der Waals surface area contributed by atoms with Crippen molar-refractivity contribution in [3.63, 3.8) is 0 Å². The number of oxazole rings is 1. The SMILES string of the molecule is CCNC(=NCc1cccc(OCC(N)=O)c1)NCc1coc(-c2ccccc2)n1. The molecule has 8 heteroatoms. The quantitative estimate of drug-likeness (QED) is 0.371. The van der Waals surface area contributed by atoms with Crippen LogP contribution in [0.25, 0.3) is 11.5 Å². The summed E-state index contributed by atoms with van der Waals surface area (Å²) in [6.45, 7) is 3.49. The molecule has 156 valence electrons. The van der Waals surface area contributed by atoms with E-state index < -0.39 is 5.91 Å². The third-order valence-electron chi connectivity index (χ3n) is 4.05. The van der Waals surface area contributed by atoms with Gasteiger partial charge < -0.3 is 25.5 Å². The Labute approximate surface area is 175 Å². The van der Waals surface area contributed by atoms with Gasteiger partial charge in [0, 0.05) is 12.1 Å². The highest BCUT2D eigenvalue weighted by Gasteiger charge is 2.07. The van der Waals surface area contributed by atoms with Crippen LogP contribution in [0.3, 0.4) is 0 Å². The van der Waals surface area contributed by atoms with Gasteiger partial charge >= 0.3 is 0 Å². The largest absolute Gasteiger partial charge is 0.484 e. The van der Waals surface area contributed by atoms with E-state index >= 15 is 0 Å². The number of aliphatic imine (C=N–C) groups is 1. The van der Waals surface area contributed by atoms with E-state index in [2.05, 4.69) is 20.6 Å². The van der Waals surface area contributed by atoms with E-state index in [1.54, 1.807) is 12.3 Å². The van der Waals surface area contributed by atoms with Crippen molar-refractivity contribution in [3.8, 4) is 17.2 Å². The monoisotopic (exact) mass is 407 g/mol. The first-order valence-electron chi connectivity index (χ1n) is 9.66. The summed E-state index contributed by atoms with van der Waals surface area (Å²) in [5.41, 5.74) is 7.77. The molecule has 0 radical (unpaired) electrons. The molecule has 0 saturated carbocycles. The van der Waals surface area contributed by atoms with Gasteiger partial charge in [-0.15, -0.1) is 0 Å². The van der Waals surface area contributed by atoms with E-state index in [1.165, 1.54) is 0 Å². The summed E-state index contributed by atoms with van der Waals surface area (Å²) in [7, 11) is 0. The van der Waals surface area contributed by atoms with E-state index in [1.807, 2.05) is 55.5 Å². The number of nitrogens with two attached hydrogens (primary N) is 1. The van der Waals surface area contributed by atoms with Gasteiger partial charge in [-0.05, 0) is 36.8 Å². The van der Waals surface area contributed by atoms with Crippen LogP contribution in [-0.2, 0) is 17.9 Å². The maximum absolute atomic E-state index is 10.9. The molecular weight excluding hydrogens is 382 g/mol. The Bertz CT molecular complexity index is 985. The highest BCUT2D eigenvalue weighted by atomic mass is 16.5. The molecule has 4 N–H and O–H groups in total. The topological polar surface area (TPSA) is 115 Å². The van der Waals surface area contributed by atoms with E-state index in [0.29, 0.717) is 30.7 Å². The van der Waals surface area contributed by atoms with Crippen LogP contribution in [0.2, 0.25) is 0 Å². The number of amides is 1.